The molecule has 2 aromatic carbocycles. The topological polar surface area (TPSA) is 35.9 Å². The summed E-state index contributed by atoms with van der Waals surface area (Å²) in [4.78, 5) is 4.69. The van der Waals surface area contributed by atoms with Crippen LogP contribution >= 0.6 is 0 Å². The predicted octanol–water partition coefficient (Wildman–Crippen LogP) is 2.84. The van der Waals surface area contributed by atoms with E-state index >= 15 is 0 Å². The molecular formula is C21H30N2O2. The van der Waals surface area contributed by atoms with Crippen molar-refractivity contribution < 1.29 is 9.84 Å². The van der Waals surface area contributed by atoms with Gasteiger partial charge in [0.05, 0.1) is 6.61 Å². The van der Waals surface area contributed by atoms with E-state index in [1.54, 1.807) is 0 Å². The van der Waals surface area contributed by atoms with Gasteiger partial charge in [0, 0.05) is 38.3 Å². The van der Waals surface area contributed by atoms with Gasteiger partial charge in [-0.2, -0.15) is 0 Å². The van der Waals surface area contributed by atoms with Crippen molar-refractivity contribution in [3.8, 4) is 5.75 Å². The summed E-state index contributed by atoms with van der Waals surface area (Å²) in [7, 11) is 4.21. The van der Waals surface area contributed by atoms with Crippen molar-refractivity contribution in [2.24, 2.45) is 11.8 Å². The van der Waals surface area contributed by atoms with Gasteiger partial charge in [0.25, 0.3) is 0 Å². The lowest BCUT2D eigenvalue weighted by Gasteiger charge is -2.21. The average molecular weight is 342 g/mol. The van der Waals surface area contributed by atoms with Gasteiger partial charge in [-0.25, -0.2) is 0 Å². The first-order valence-electron chi connectivity index (χ1n) is 9.23. The Morgan fingerprint density at radius 1 is 1.12 bits per heavy atom. The Kier molecular flexibility index (Phi) is 5.94. The second-order valence-electron chi connectivity index (χ2n) is 7.36. The average Bonchev–Trinajstić information content (AvgIpc) is 2.98. The molecule has 1 heterocycles. The summed E-state index contributed by atoms with van der Waals surface area (Å²) in [6.45, 7) is 6.84. The van der Waals surface area contributed by atoms with Crippen LogP contribution in [0.5, 0.6) is 5.75 Å². The molecule has 2 aromatic rings. The van der Waals surface area contributed by atoms with E-state index in [9.17, 15) is 5.11 Å². The van der Waals surface area contributed by atoms with Gasteiger partial charge in [0.1, 0.15) is 5.75 Å². The Morgan fingerprint density at radius 2 is 1.88 bits per heavy atom. The van der Waals surface area contributed by atoms with Gasteiger partial charge in [-0.1, -0.05) is 30.3 Å². The molecule has 0 spiro atoms. The first-order valence-corrected chi connectivity index (χ1v) is 9.23. The zero-order valence-corrected chi connectivity index (χ0v) is 15.6. The zero-order chi connectivity index (χ0) is 17.8. The molecule has 4 nitrogen and oxygen atoms in total. The van der Waals surface area contributed by atoms with Crippen molar-refractivity contribution in [2.45, 2.75) is 13.5 Å². The first-order chi connectivity index (χ1) is 12.1. The summed E-state index contributed by atoms with van der Waals surface area (Å²) in [5.74, 6) is 1.86. The summed E-state index contributed by atoms with van der Waals surface area (Å²) in [6, 6.07) is 12.7. The number of aliphatic hydroxyl groups excluding tert-OH is 1. The Labute approximate surface area is 151 Å². The largest absolute Gasteiger partial charge is 0.494 e. The summed E-state index contributed by atoms with van der Waals surface area (Å²) < 4.78 is 5.92. The fourth-order valence-electron chi connectivity index (χ4n) is 4.04. The van der Waals surface area contributed by atoms with Crippen molar-refractivity contribution in [1.82, 2.24) is 9.80 Å². The van der Waals surface area contributed by atoms with Gasteiger partial charge >= 0.3 is 0 Å². The van der Waals surface area contributed by atoms with Crippen molar-refractivity contribution in [1.29, 1.82) is 0 Å². The highest BCUT2D eigenvalue weighted by Gasteiger charge is 2.33. The molecule has 1 fully saturated rings. The number of hydrogen-bond donors (Lipinski definition) is 1. The van der Waals surface area contributed by atoms with Crippen LogP contribution in [0.4, 0.5) is 0 Å². The minimum atomic E-state index is 0.267. The molecule has 0 unspecified atom stereocenters. The summed E-state index contributed by atoms with van der Waals surface area (Å²) in [5.41, 5.74) is 1.27. The molecule has 3 rings (SSSR count). The SMILES string of the molecule is CCOc1ccc2ccccc2c1CN1C[C@@H](CN(C)C)[C@@H](CO)C1. The van der Waals surface area contributed by atoms with E-state index in [0.717, 1.165) is 31.9 Å². The fraction of sp³-hybridized carbons (Fsp3) is 0.524. The molecule has 1 N–H and O–H groups in total. The predicted molar refractivity (Wildman–Crippen MR) is 103 cm³/mol. The molecule has 1 aliphatic heterocycles. The maximum atomic E-state index is 9.77. The highest BCUT2D eigenvalue weighted by atomic mass is 16.5. The smallest absolute Gasteiger partial charge is 0.124 e. The summed E-state index contributed by atoms with van der Waals surface area (Å²) in [6.07, 6.45) is 0. The van der Waals surface area contributed by atoms with Gasteiger partial charge in [-0.3, -0.25) is 4.90 Å². The first kappa shape index (κ1) is 18.2. The second kappa shape index (κ2) is 8.17. The molecule has 1 saturated heterocycles. The second-order valence-corrected chi connectivity index (χ2v) is 7.36. The minimum absolute atomic E-state index is 0.267. The number of benzene rings is 2. The third-order valence-electron chi connectivity index (χ3n) is 5.17. The van der Waals surface area contributed by atoms with E-state index in [1.165, 1.54) is 16.3 Å². The summed E-state index contributed by atoms with van der Waals surface area (Å²) >= 11 is 0. The third kappa shape index (κ3) is 4.14. The highest BCUT2D eigenvalue weighted by Crippen LogP contribution is 2.32. The molecule has 0 saturated carbocycles. The molecule has 1 aliphatic rings. The standard InChI is InChI=1S/C21H30N2O2/c1-4-25-21-10-9-16-7-5-6-8-19(16)20(21)14-23-12-17(11-22(2)3)18(13-23)15-24/h5-10,17-18,24H,4,11-15H2,1-3H3/t17-,18-/m1/s1. The number of hydrogen-bond acceptors (Lipinski definition) is 4. The van der Waals surface area contributed by atoms with E-state index in [0.29, 0.717) is 18.4 Å². The lowest BCUT2D eigenvalue weighted by Crippen LogP contribution is -2.28. The van der Waals surface area contributed by atoms with Gasteiger partial charge in [0.2, 0.25) is 0 Å². The van der Waals surface area contributed by atoms with Crippen molar-refractivity contribution in [3.63, 3.8) is 0 Å². The number of aliphatic hydroxyl groups is 1. The number of likely N-dealkylation sites (tertiary alicyclic amines) is 1. The van der Waals surface area contributed by atoms with E-state index in [4.69, 9.17) is 4.74 Å². The van der Waals surface area contributed by atoms with E-state index in [-0.39, 0.29) is 6.61 Å². The van der Waals surface area contributed by atoms with Crippen molar-refractivity contribution in [3.05, 3.63) is 42.0 Å². The Morgan fingerprint density at radius 3 is 2.60 bits per heavy atom. The van der Waals surface area contributed by atoms with Crippen LogP contribution < -0.4 is 4.74 Å². The van der Waals surface area contributed by atoms with Crippen molar-refractivity contribution in [2.75, 3.05) is 46.9 Å². The maximum absolute atomic E-state index is 9.77. The monoisotopic (exact) mass is 342 g/mol. The molecule has 0 bridgehead atoms. The molecular weight excluding hydrogens is 312 g/mol. The van der Waals surface area contributed by atoms with Gasteiger partial charge in [0.15, 0.2) is 0 Å². The van der Waals surface area contributed by atoms with Crippen molar-refractivity contribution >= 4 is 10.8 Å². The molecule has 0 aromatic heterocycles. The van der Waals surface area contributed by atoms with E-state index < -0.39 is 0 Å². The maximum Gasteiger partial charge on any atom is 0.124 e. The molecule has 0 amide bonds. The lowest BCUT2D eigenvalue weighted by atomic mass is 9.97. The molecule has 0 aliphatic carbocycles. The number of nitrogens with zero attached hydrogens (tertiary/aromatic N) is 2. The minimum Gasteiger partial charge on any atom is -0.494 e. The molecule has 4 heteroatoms. The quantitative estimate of drug-likeness (QED) is 0.839. The molecule has 136 valence electrons. The fourth-order valence-corrected chi connectivity index (χ4v) is 4.04. The third-order valence-corrected chi connectivity index (χ3v) is 5.17. The highest BCUT2D eigenvalue weighted by molar-refractivity contribution is 5.87. The summed E-state index contributed by atoms with van der Waals surface area (Å²) in [5, 5.41) is 12.3. The number of ether oxygens (including phenoxy) is 1. The van der Waals surface area contributed by atoms with Crippen LogP contribution in [0.1, 0.15) is 12.5 Å². The van der Waals surface area contributed by atoms with Crippen LogP contribution in [-0.2, 0) is 6.54 Å². The Bertz CT molecular complexity index is 701. The Hall–Kier alpha value is -1.62. The van der Waals surface area contributed by atoms with E-state index in [2.05, 4.69) is 60.3 Å². The normalized spacial score (nSPS) is 21.3. The molecule has 25 heavy (non-hydrogen) atoms. The van der Waals surface area contributed by atoms with Crippen LogP contribution in [0.25, 0.3) is 10.8 Å². The van der Waals surface area contributed by atoms with Crippen LogP contribution in [0.2, 0.25) is 0 Å². The van der Waals surface area contributed by atoms with E-state index in [1.807, 2.05) is 6.92 Å². The number of rotatable bonds is 7. The van der Waals surface area contributed by atoms with Crippen LogP contribution in [-0.4, -0.2) is 61.8 Å². The number of fused-ring (bicyclic) bond motifs is 1. The molecule has 2 atom stereocenters. The van der Waals surface area contributed by atoms with Gasteiger partial charge < -0.3 is 14.7 Å². The Balaban J connectivity index is 1.85. The van der Waals surface area contributed by atoms with Crippen LogP contribution in [0.15, 0.2) is 36.4 Å². The molecule has 0 radical (unpaired) electrons. The zero-order valence-electron chi connectivity index (χ0n) is 15.6. The lowest BCUT2D eigenvalue weighted by molar-refractivity contribution is 0.183. The van der Waals surface area contributed by atoms with Gasteiger partial charge in [-0.15, -0.1) is 0 Å². The van der Waals surface area contributed by atoms with Crippen LogP contribution in [0, 0.1) is 11.8 Å². The van der Waals surface area contributed by atoms with Crippen LogP contribution in [0.3, 0.4) is 0 Å². The van der Waals surface area contributed by atoms with Gasteiger partial charge in [-0.05, 0) is 49.7 Å².